The summed E-state index contributed by atoms with van der Waals surface area (Å²) >= 11 is 0. The fourth-order valence-electron chi connectivity index (χ4n) is 1.75. The molecule has 17 heavy (non-hydrogen) atoms. The van der Waals surface area contributed by atoms with Gasteiger partial charge in [0.25, 0.3) is 0 Å². The third kappa shape index (κ3) is 2.84. The Morgan fingerprint density at radius 3 is 2.41 bits per heavy atom. The topological polar surface area (TPSA) is 66.4 Å². The Bertz CT molecular complexity index is 424. The van der Waals surface area contributed by atoms with Crippen LogP contribution in [0.3, 0.4) is 0 Å². The SMILES string of the molecule is O=C(CCc1ccccc1)NC1(C(=O)O)CC1. The predicted molar refractivity (Wildman–Crippen MR) is 62.5 cm³/mol. The van der Waals surface area contributed by atoms with Crippen molar-refractivity contribution < 1.29 is 14.7 Å². The zero-order valence-corrected chi connectivity index (χ0v) is 9.48. The minimum Gasteiger partial charge on any atom is -0.480 e. The molecule has 1 fully saturated rings. The zero-order chi connectivity index (χ0) is 12.3. The third-order valence-corrected chi connectivity index (χ3v) is 3.02. The van der Waals surface area contributed by atoms with Gasteiger partial charge in [-0.2, -0.15) is 0 Å². The van der Waals surface area contributed by atoms with Gasteiger partial charge >= 0.3 is 5.97 Å². The first-order chi connectivity index (χ1) is 8.12. The maximum absolute atomic E-state index is 11.6. The van der Waals surface area contributed by atoms with Crippen LogP contribution >= 0.6 is 0 Å². The Hall–Kier alpha value is -1.84. The lowest BCUT2D eigenvalue weighted by atomic mass is 10.1. The number of carboxylic acids is 1. The van der Waals surface area contributed by atoms with E-state index in [0.717, 1.165) is 5.56 Å². The van der Waals surface area contributed by atoms with E-state index in [1.165, 1.54) is 0 Å². The molecule has 4 nitrogen and oxygen atoms in total. The monoisotopic (exact) mass is 233 g/mol. The molecule has 0 unspecified atom stereocenters. The van der Waals surface area contributed by atoms with Gasteiger partial charge in [-0.1, -0.05) is 30.3 Å². The van der Waals surface area contributed by atoms with Gasteiger partial charge in [0.15, 0.2) is 0 Å². The average molecular weight is 233 g/mol. The highest BCUT2D eigenvalue weighted by Crippen LogP contribution is 2.35. The Morgan fingerprint density at radius 1 is 1.24 bits per heavy atom. The van der Waals surface area contributed by atoms with Gasteiger partial charge in [0.05, 0.1) is 0 Å². The van der Waals surface area contributed by atoms with Crippen molar-refractivity contribution in [1.82, 2.24) is 5.32 Å². The minimum atomic E-state index is -0.965. The van der Waals surface area contributed by atoms with E-state index in [2.05, 4.69) is 5.32 Å². The first-order valence-electron chi connectivity index (χ1n) is 5.71. The summed E-state index contributed by atoms with van der Waals surface area (Å²) in [5.74, 6) is -1.11. The molecular formula is C13H15NO3. The van der Waals surface area contributed by atoms with E-state index in [4.69, 9.17) is 5.11 Å². The Labute approximate surface area is 99.6 Å². The number of benzene rings is 1. The molecule has 1 aliphatic carbocycles. The molecule has 0 saturated heterocycles. The highest BCUT2D eigenvalue weighted by atomic mass is 16.4. The van der Waals surface area contributed by atoms with Crippen LogP contribution in [-0.4, -0.2) is 22.5 Å². The van der Waals surface area contributed by atoms with E-state index in [0.29, 0.717) is 25.7 Å². The quantitative estimate of drug-likeness (QED) is 0.806. The number of carboxylic acid groups (broad SMARTS) is 1. The average Bonchev–Trinajstić information content (AvgIpc) is 3.09. The van der Waals surface area contributed by atoms with Crippen molar-refractivity contribution in [2.24, 2.45) is 0 Å². The summed E-state index contributed by atoms with van der Waals surface area (Å²) in [7, 11) is 0. The highest BCUT2D eigenvalue weighted by Gasteiger charge is 2.51. The summed E-state index contributed by atoms with van der Waals surface area (Å²) in [5, 5.41) is 11.5. The first-order valence-corrected chi connectivity index (χ1v) is 5.71. The molecule has 1 saturated carbocycles. The molecule has 0 heterocycles. The van der Waals surface area contributed by atoms with Crippen LogP contribution in [0.5, 0.6) is 0 Å². The predicted octanol–water partition coefficient (Wildman–Crippen LogP) is 1.35. The summed E-state index contributed by atoms with van der Waals surface area (Å²) in [6.07, 6.45) is 2.06. The summed E-state index contributed by atoms with van der Waals surface area (Å²) in [4.78, 5) is 22.5. The van der Waals surface area contributed by atoms with Crippen LogP contribution in [-0.2, 0) is 16.0 Å². The number of aryl methyl sites for hydroxylation is 1. The lowest BCUT2D eigenvalue weighted by molar-refractivity contribution is -0.143. The second-order valence-corrected chi connectivity index (χ2v) is 4.42. The molecule has 1 aromatic carbocycles. The highest BCUT2D eigenvalue weighted by molar-refractivity contribution is 5.89. The smallest absolute Gasteiger partial charge is 0.329 e. The molecule has 2 N–H and O–H groups in total. The van der Waals surface area contributed by atoms with Crippen LogP contribution in [0.25, 0.3) is 0 Å². The summed E-state index contributed by atoms with van der Waals surface area (Å²) in [6.45, 7) is 0. The molecular weight excluding hydrogens is 218 g/mol. The number of aliphatic carboxylic acids is 1. The fraction of sp³-hybridized carbons (Fsp3) is 0.385. The Morgan fingerprint density at radius 2 is 1.88 bits per heavy atom. The van der Waals surface area contributed by atoms with Crippen LogP contribution in [0.4, 0.5) is 0 Å². The molecule has 0 spiro atoms. The lowest BCUT2D eigenvalue weighted by Gasteiger charge is -2.12. The van der Waals surface area contributed by atoms with Crippen LogP contribution in [0.1, 0.15) is 24.8 Å². The molecule has 0 bridgehead atoms. The molecule has 0 atom stereocenters. The molecule has 1 amide bonds. The van der Waals surface area contributed by atoms with Crippen molar-refractivity contribution in [1.29, 1.82) is 0 Å². The number of hydrogen-bond acceptors (Lipinski definition) is 2. The number of carbonyl (C=O) groups excluding carboxylic acids is 1. The van der Waals surface area contributed by atoms with Gasteiger partial charge in [-0.05, 0) is 24.8 Å². The molecule has 90 valence electrons. The fourth-order valence-corrected chi connectivity index (χ4v) is 1.75. The number of hydrogen-bond donors (Lipinski definition) is 2. The van der Waals surface area contributed by atoms with E-state index in [-0.39, 0.29) is 5.91 Å². The van der Waals surface area contributed by atoms with Crippen molar-refractivity contribution >= 4 is 11.9 Å². The summed E-state index contributed by atoms with van der Waals surface area (Å²) in [5.41, 5.74) is 0.121. The number of nitrogens with one attached hydrogen (secondary N) is 1. The number of carbonyl (C=O) groups is 2. The number of rotatable bonds is 5. The second kappa shape index (κ2) is 4.57. The van der Waals surface area contributed by atoms with E-state index in [1.54, 1.807) is 0 Å². The maximum Gasteiger partial charge on any atom is 0.329 e. The van der Waals surface area contributed by atoms with Gasteiger partial charge < -0.3 is 10.4 Å². The van der Waals surface area contributed by atoms with Crippen molar-refractivity contribution in [3.05, 3.63) is 35.9 Å². The van der Waals surface area contributed by atoms with Crippen molar-refractivity contribution in [3.63, 3.8) is 0 Å². The summed E-state index contributed by atoms with van der Waals surface area (Å²) < 4.78 is 0. The third-order valence-electron chi connectivity index (χ3n) is 3.02. The Kier molecular flexibility index (Phi) is 3.13. The van der Waals surface area contributed by atoms with Gasteiger partial charge in [-0.15, -0.1) is 0 Å². The summed E-state index contributed by atoms with van der Waals surface area (Å²) in [6, 6.07) is 9.68. The van der Waals surface area contributed by atoms with E-state index in [9.17, 15) is 9.59 Å². The second-order valence-electron chi connectivity index (χ2n) is 4.42. The van der Waals surface area contributed by atoms with Crippen molar-refractivity contribution in [2.75, 3.05) is 0 Å². The van der Waals surface area contributed by atoms with Gasteiger partial charge in [-0.3, -0.25) is 4.79 Å². The standard InChI is InChI=1S/C13H15NO3/c15-11(14-13(8-9-13)12(16)17)7-6-10-4-2-1-3-5-10/h1-5H,6-9H2,(H,14,15)(H,16,17). The van der Waals surface area contributed by atoms with Gasteiger partial charge in [0.2, 0.25) is 5.91 Å². The van der Waals surface area contributed by atoms with Gasteiger partial charge in [0.1, 0.15) is 5.54 Å². The first kappa shape index (κ1) is 11.6. The zero-order valence-electron chi connectivity index (χ0n) is 9.48. The van der Waals surface area contributed by atoms with Crippen LogP contribution in [0, 0.1) is 0 Å². The van der Waals surface area contributed by atoms with Crippen molar-refractivity contribution in [3.8, 4) is 0 Å². The van der Waals surface area contributed by atoms with Gasteiger partial charge in [0, 0.05) is 6.42 Å². The minimum absolute atomic E-state index is 0.186. The van der Waals surface area contributed by atoms with Crippen LogP contribution in [0.2, 0.25) is 0 Å². The molecule has 2 rings (SSSR count). The molecule has 4 heteroatoms. The van der Waals surface area contributed by atoms with Crippen LogP contribution in [0.15, 0.2) is 30.3 Å². The van der Waals surface area contributed by atoms with Crippen LogP contribution < -0.4 is 5.32 Å². The largest absolute Gasteiger partial charge is 0.480 e. The molecule has 1 aliphatic rings. The normalized spacial score (nSPS) is 16.2. The van der Waals surface area contributed by atoms with Gasteiger partial charge in [-0.25, -0.2) is 4.79 Å². The molecule has 0 aromatic heterocycles. The molecule has 0 radical (unpaired) electrons. The number of amides is 1. The lowest BCUT2D eigenvalue weighted by Crippen LogP contribution is -2.43. The molecule has 1 aromatic rings. The van der Waals surface area contributed by atoms with E-state index < -0.39 is 11.5 Å². The molecule has 0 aliphatic heterocycles. The maximum atomic E-state index is 11.6. The van der Waals surface area contributed by atoms with E-state index >= 15 is 0 Å². The Balaban J connectivity index is 1.81. The van der Waals surface area contributed by atoms with Crippen molar-refractivity contribution in [2.45, 2.75) is 31.2 Å². The van der Waals surface area contributed by atoms with E-state index in [1.807, 2.05) is 30.3 Å².